The molecule has 2 aromatic carbocycles. The predicted molar refractivity (Wildman–Crippen MR) is 116 cm³/mol. The van der Waals surface area contributed by atoms with Crippen LogP contribution in [0.2, 0.25) is 0 Å². The summed E-state index contributed by atoms with van der Waals surface area (Å²) >= 11 is 0. The molecule has 0 unspecified atom stereocenters. The van der Waals surface area contributed by atoms with Crippen LogP contribution < -0.4 is 20.1 Å². The third-order valence-electron chi connectivity index (χ3n) is 5.96. The van der Waals surface area contributed by atoms with E-state index in [0.717, 1.165) is 17.5 Å². The Labute approximate surface area is 181 Å². The zero-order chi connectivity index (χ0) is 22.1. The summed E-state index contributed by atoms with van der Waals surface area (Å²) in [5, 5.41) is 14.7. The smallest absolute Gasteiger partial charge is 0.254 e. The van der Waals surface area contributed by atoms with Gasteiger partial charge in [0.05, 0.1) is 12.2 Å². The van der Waals surface area contributed by atoms with Gasteiger partial charge in [-0.25, -0.2) is 0 Å². The quantitative estimate of drug-likeness (QED) is 0.635. The monoisotopic (exact) mass is 424 g/mol. The van der Waals surface area contributed by atoms with Crippen LogP contribution in [0.1, 0.15) is 58.0 Å². The van der Waals surface area contributed by atoms with Gasteiger partial charge in [0.25, 0.3) is 11.8 Å². The maximum Gasteiger partial charge on any atom is 0.254 e. The van der Waals surface area contributed by atoms with Crippen LogP contribution in [0.3, 0.4) is 0 Å². The van der Waals surface area contributed by atoms with Crippen LogP contribution in [0.15, 0.2) is 36.4 Å². The van der Waals surface area contributed by atoms with Crippen LogP contribution in [0.25, 0.3) is 0 Å². The van der Waals surface area contributed by atoms with E-state index in [9.17, 15) is 9.59 Å². The highest BCUT2D eigenvalue weighted by Gasteiger charge is 2.38. The van der Waals surface area contributed by atoms with Crippen LogP contribution in [0.5, 0.6) is 11.5 Å². The van der Waals surface area contributed by atoms with E-state index in [0.29, 0.717) is 28.5 Å². The first-order valence-electron chi connectivity index (χ1n) is 10.6. The van der Waals surface area contributed by atoms with E-state index in [1.165, 1.54) is 0 Å². The Hall–Kier alpha value is -3.06. The maximum atomic E-state index is 12.9. The summed E-state index contributed by atoms with van der Waals surface area (Å²) in [6, 6.07) is 11.2. The predicted octanol–water partition coefficient (Wildman–Crippen LogP) is 2.47. The molecule has 0 spiro atoms. The minimum atomic E-state index is -0.293. The number of ether oxygens (including phenoxy) is 2. The van der Waals surface area contributed by atoms with E-state index in [-0.39, 0.29) is 43.1 Å². The van der Waals surface area contributed by atoms with Gasteiger partial charge in [-0.1, -0.05) is 19.1 Å². The number of hydrogen-bond acceptors (Lipinski definition) is 5. The molecule has 0 saturated heterocycles. The molecule has 7 nitrogen and oxygen atoms in total. The summed E-state index contributed by atoms with van der Waals surface area (Å²) in [7, 11) is 1.56. The van der Waals surface area contributed by atoms with E-state index in [1.807, 2.05) is 37.3 Å². The average Bonchev–Trinajstić information content (AvgIpc) is 3.35. The van der Waals surface area contributed by atoms with Crippen molar-refractivity contribution in [2.24, 2.45) is 5.92 Å². The SMILES string of the molecule is CNC(=O)c1cc(C(=O)N[C@H]2C[C@@H]2C)cc2c1O[C@H](C)[C@H]2c1cccc(OCCO)c1. The fraction of sp³-hybridized carbons (Fsp3) is 0.417. The molecule has 1 aliphatic heterocycles. The molecule has 0 radical (unpaired) electrons. The second-order valence-corrected chi connectivity index (χ2v) is 8.26. The van der Waals surface area contributed by atoms with Gasteiger partial charge in [-0.3, -0.25) is 9.59 Å². The number of carbonyl (C=O) groups excluding carboxylic acids is 2. The minimum Gasteiger partial charge on any atom is -0.491 e. The van der Waals surface area contributed by atoms with Gasteiger partial charge in [-0.15, -0.1) is 0 Å². The molecule has 7 heteroatoms. The topological polar surface area (TPSA) is 96.9 Å². The Bertz CT molecular complexity index is 1010. The van der Waals surface area contributed by atoms with Gasteiger partial charge < -0.3 is 25.2 Å². The van der Waals surface area contributed by atoms with Gasteiger partial charge in [-0.2, -0.15) is 0 Å². The van der Waals surface area contributed by atoms with E-state index in [2.05, 4.69) is 17.6 Å². The number of aliphatic hydroxyl groups is 1. The van der Waals surface area contributed by atoms with Crippen molar-refractivity contribution in [3.05, 3.63) is 58.7 Å². The largest absolute Gasteiger partial charge is 0.491 e. The lowest BCUT2D eigenvalue weighted by atomic mass is 9.86. The normalized spacial score (nSPS) is 23.5. The lowest BCUT2D eigenvalue weighted by molar-refractivity contribution is 0.0949. The summed E-state index contributed by atoms with van der Waals surface area (Å²) in [6.45, 7) is 4.19. The zero-order valence-corrected chi connectivity index (χ0v) is 18.0. The standard InChI is InChI=1S/C24H28N2O5/c1-13-9-20(13)26-23(28)16-11-18-21(15-5-4-6-17(10-15)30-8-7-27)14(2)31-22(18)19(12-16)24(29)25-3/h4-6,10-14,20-21,27H,7-9H2,1-3H3,(H,25,29)(H,26,28)/t13-,14+,20-,21-/m0/s1. The van der Waals surface area contributed by atoms with Crippen LogP contribution in [-0.4, -0.2) is 49.3 Å². The molecule has 1 fully saturated rings. The molecule has 31 heavy (non-hydrogen) atoms. The number of aliphatic hydroxyl groups excluding tert-OH is 1. The molecule has 2 aromatic rings. The van der Waals surface area contributed by atoms with Crippen molar-refractivity contribution in [1.29, 1.82) is 0 Å². The summed E-state index contributed by atoms with van der Waals surface area (Å²) in [5.74, 6) is 1.00. The highest BCUT2D eigenvalue weighted by atomic mass is 16.5. The molecule has 2 aliphatic rings. The number of benzene rings is 2. The summed E-state index contributed by atoms with van der Waals surface area (Å²) < 4.78 is 11.7. The molecule has 1 saturated carbocycles. The van der Waals surface area contributed by atoms with Gasteiger partial charge >= 0.3 is 0 Å². The fourth-order valence-corrected chi connectivity index (χ4v) is 4.14. The molecule has 4 atom stereocenters. The lowest BCUT2D eigenvalue weighted by Crippen LogP contribution is -2.27. The molecule has 1 heterocycles. The van der Waals surface area contributed by atoms with Crippen molar-refractivity contribution in [2.75, 3.05) is 20.3 Å². The molecule has 3 N–H and O–H groups in total. The van der Waals surface area contributed by atoms with Gasteiger partial charge in [0, 0.05) is 30.1 Å². The Morgan fingerprint density at radius 1 is 1.19 bits per heavy atom. The zero-order valence-electron chi connectivity index (χ0n) is 18.0. The molecule has 0 bridgehead atoms. The van der Waals surface area contributed by atoms with Crippen LogP contribution in [-0.2, 0) is 0 Å². The molecular weight excluding hydrogens is 396 g/mol. The first-order valence-corrected chi connectivity index (χ1v) is 10.6. The summed E-state index contributed by atoms with van der Waals surface area (Å²) in [5.41, 5.74) is 2.57. The highest BCUT2D eigenvalue weighted by molar-refractivity contribution is 6.02. The summed E-state index contributed by atoms with van der Waals surface area (Å²) in [4.78, 5) is 25.5. The maximum absolute atomic E-state index is 12.9. The van der Waals surface area contributed by atoms with Gasteiger partial charge in [0.1, 0.15) is 24.2 Å². The van der Waals surface area contributed by atoms with Crippen molar-refractivity contribution in [3.63, 3.8) is 0 Å². The number of hydrogen-bond donors (Lipinski definition) is 3. The van der Waals surface area contributed by atoms with Crippen molar-refractivity contribution in [3.8, 4) is 11.5 Å². The highest BCUT2D eigenvalue weighted by Crippen LogP contribution is 2.45. The second-order valence-electron chi connectivity index (χ2n) is 8.26. The fourth-order valence-electron chi connectivity index (χ4n) is 4.14. The van der Waals surface area contributed by atoms with Crippen molar-refractivity contribution in [2.45, 2.75) is 38.3 Å². The molecule has 0 aromatic heterocycles. The van der Waals surface area contributed by atoms with Gasteiger partial charge in [0.2, 0.25) is 0 Å². The Morgan fingerprint density at radius 3 is 2.65 bits per heavy atom. The number of fused-ring (bicyclic) bond motifs is 1. The number of amides is 2. The van der Waals surface area contributed by atoms with E-state index >= 15 is 0 Å². The van der Waals surface area contributed by atoms with E-state index in [4.69, 9.17) is 14.6 Å². The van der Waals surface area contributed by atoms with Crippen LogP contribution in [0, 0.1) is 5.92 Å². The van der Waals surface area contributed by atoms with Crippen LogP contribution in [0.4, 0.5) is 0 Å². The minimum absolute atomic E-state index is 0.0659. The Balaban J connectivity index is 1.74. The molecular formula is C24H28N2O5. The molecule has 2 amide bonds. The van der Waals surface area contributed by atoms with E-state index < -0.39 is 0 Å². The van der Waals surface area contributed by atoms with Crippen molar-refractivity contribution < 1.29 is 24.2 Å². The molecule has 4 rings (SSSR count). The Morgan fingerprint density at radius 2 is 1.97 bits per heavy atom. The lowest BCUT2D eigenvalue weighted by Gasteiger charge is -2.17. The first kappa shape index (κ1) is 21.2. The average molecular weight is 424 g/mol. The number of rotatable bonds is 7. The van der Waals surface area contributed by atoms with Crippen LogP contribution >= 0.6 is 0 Å². The van der Waals surface area contributed by atoms with Crippen molar-refractivity contribution >= 4 is 11.8 Å². The Kier molecular flexibility index (Phi) is 5.87. The second kappa shape index (κ2) is 8.59. The van der Waals surface area contributed by atoms with E-state index in [1.54, 1.807) is 13.1 Å². The van der Waals surface area contributed by atoms with Crippen molar-refractivity contribution in [1.82, 2.24) is 10.6 Å². The number of nitrogens with one attached hydrogen (secondary N) is 2. The summed E-state index contributed by atoms with van der Waals surface area (Å²) in [6.07, 6.45) is 0.746. The first-order chi connectivity index (χ1) is 14.9. The van der Waals surface area contributed by atoms with Gasteiger partial charge in [0.15, 0.2) is 0 Å². The third kappa shape index (κ3) is 4.23. The van der Waals surface area contributed by atoms with Gasteiger partial charge in [-0.05, 0) is 49.1 Å². The number of carbonyl (C=O) groups is 2. The molecule has 1 aliphatic carbocycles. The molecule has 164 valence electrons. The third-order valence-corrected chi connectivity index (χ3v) is 5.96.